The minimum Gasteiger partial charge on any atom is -0.491 e. The number of hydrogen-bond acceptors (Lipinski definition) is 5. The van der Waals surface area contributed by atoms with E-state index in [4.69, 9.17) is 22.1 Å². The fourth-order valence-corrected chi connectivity index (χ4v) is 1.98. The summed E-state index contributed by atoms with van der Waals surface area (Å²) in [6.45, 7) is 0.531. The Balaban J connectivity index is 1.75. The number of anilines is 1. The number of rotatable bonds is 5. The Morgan fingerprint density at radius 3 is 2.94 bits per heavy atom. The molecular weight excluding hydrogens is 260 g/mol. The Morgan fingerprint density at radius 2 is 2.24 bits per heavy atom. The zero-order valence-corrected chi connectivity index (χ0v) is 10.5. The number of hydrogen-bond donors (Lipinski definition) is 2. The summed E-state index contributed by atoms with van der Waals surface area (Å²) in [5.41, 5.74) is 5.40. The average Bonchev–Trinajstić information content (AvgIpc) is 2.73. The molecule has 0 aliphatic carbocycles. The smallest absolute Gasteiger partial charge is 0.216 e. The van der Waals surface area contributed by atoms with Crippen LogP contribution in [-0.4, -0.2) is 27.5 Å². The van der Waals surface area contributed by atoms with E-state index in [9.17, 15) is 0 Å². The number of para-hydroxylation sites is 1. The molecule has 0 saturated heterocycles. The molecule has 0 amide bonds. The molecule has 0 aliphatic rings. The molecule has 0 spiro atoms. The predicted octanol–water partition coefficient (Wildman–Crippen LogP) is 2.21. The Morgan fingerprint density at radius 1 is 1.41 bits per heavy atom. The first kappa shape index (κ1) is 12.1. The summed E-state index contributed by atoms with van der Waals surface area (Å²) in [4.78, 5) is 3.97. The molecule has 0 saturated carbocycles. The third-order valence-electron chi connectivity index (χ3n) is 1.89. The van der Waals surface area contributed by atoms with Crippen molar-refractivity contribution in [1.29, 1.82) is 0 Å². The lowest BCUT2D eigenvalue weighted by molar-refractivity contribution is 0.344. The lowest BCUT2D eigenvalue weighted by Gasteiger charge is -2.06. The van der Waals surface area contributed by atoms with Crippen LogP contribution in [0.1, 0.15) is 0 Å². The molecule has 0 bridgehead atoms. The second-order valence-electron chi connectivity index (χ2n) is 3.13. The number of nitrogen functional groups attached to an aromatic ring is 1. The highest BCUT2D eigenvalue weighted by Crippen LogP contribution is 2.23. The van der Waals surface area contributed by atoms with Gasteiger partial charge in [0.15, 0.2) is 0 Å². The maximum Gasteiger partial charge on any atom is 0.216 e. The van der Waals surface area contributed by atoms with Crippen molar-refractivity contribution in [3.63, 3.8) is 0 Å². The van der Waals surface area contributed by atoms with Gasteiger partial charge in [0.1, 0.15) is 5.75 Å². The Bertz CT molecular complexity index is 491. The van der Waals surface area contributed by atoms with Crippen molar-refractivity contribution < 1.29 is 4.74 Å². The zero-order chi connectivity index (χ0) is 12.1. The third-order valence-corrected chi connectivity index (χ3v) is 3.01. The molecule has 5 nitrogen and oxygen atoms in total. The normalized spacial score (nSPS) is 10.4. The van der Waals surface area contributed by atoms with Crippen LogP contribution >= 0.6 is 23.4 Å². The summed E-state index contributed by atoms with van der Waals surface area (Å²) < 4.78 is 5.52. The highest BCUT2D eigenvalue weighted by Gasteiger charge is 2.02. The lowest BCUT2D eigenvalue weighted by Crippen LogP contribution is -2.00. The molecule has 2 rings (SSSR count). The van der Waals surface area contributed by atoms with Crippen LogP contribution in [0.5, 0.6) is 5.75 Å². The minimum atomic E-state index is 0.319. The number of halogens is 1. The van der Waals surface area contributed by atoms with E-state index in [1.807, 2.05) is 18.2 Å². The number of aromatic amines is 1. The van der Waals surface area contributed by atoms with E-state index in [0.29, 0.717) is 28.5 Å². The summed E-state index contributed by atoms with van der Waals surface area (Å²) in [5, 5.41) is 7.70. The van der Waals surface area contributed by atoms with Gasteiger partial charge in [-0.3, -0.25) is 0 Å². The van der Waals surface area contributed by atoms with Crippen molar-refractivity contribution in [2.45, 2.75) is 5.16 Å². The van der Waals surface area contributed by atoms with E-state index < -0.39 is 0 Å². The fraction of sp³-hybridized carbons (Fsp3) is 0.200. The summed E-state index contributed by atoms with van der Waals surface area (Å²) in [6, 6.07) is 7.36. The highest BCUT2D eigenvalue weighted by molar-refractivity contribution is 7.99. The van der Waals surface area contributed by atoms with E-state index in [0.717, 1.165) is 5.75 Å². The topological polar surface area (TPSA) is 76.8 Å². The van der Waals surface area contributed by atoms with Crippen LogP contribution in [0.3, 0.4) is 0 Å². The van der Waals surface area contributed by atoms with E-state index in [1.165, 1.54) is 11.8 Å². The Labute approximate surface area is 108 Å². The quantitative estimate of drug-likeness (QED) is 0.643. The van der Waals surface area contributed by atoms with Crippen LogP contribution in [-0.2, 0) is 0 Å². The molecule has 0 aliphatic heterocycles. The maximum absolute atomic E-state index is 5.95. The van der Waals surface area contributed by atoms with Crippen molar-refractivity contribution >= 4 is 29.3 Å². The lowest BCUT2D eigenvalue weighted by atomic mass is 10.3. The average molecular weight is 271 g/mol. The van der Waals surface area contributed by atoms with Gasteiger partial charge in [0.2, 0.25) is 11.1 Å². The standard InChI is InChI=1S/C10H11ClN4OS/c11-7-3-1-2-4-8(7)16-5-6-17-10-13-9(12)14-15-10/h1-4H,5-6H2,(H3,12,13,14,15). The van der Waals surface area contributed by atoms with Gasteiger partial charge in [-0.25, -0.2) is 5.10 Å². The summed E-state index contributed by atoms with van der Waals surface area (Å²) >= 11 is 7.41. The molecule has 2 aromatic rings. The maximum atomic E-state index is 5.95. The van der Waals surface area contributed by atoms with Crippen LogP contribution in [0.15, 0.2) is 29.4 Å². The van der Waals surface area contributed by atoms with Gasteiger partial charge in [0.25, 0.3) is 0 Å². The number of aromatic nitrogens is 3. The van der Waals surface area contributed by atoms with Crippen molar-refractivity contribution in [3.05, 3.63) is 29.3 Å². The summed E-state index contributed by atoms with van der Waals surface area (Å²) in [5.74, 6) is 1.73. The first-order chi connectivity index (χ1) is 8.25. The molecule has 0 radical (unpaired) electrons. The van der Waals surface area contributed by atoms with E-state index in [2.05, 4.69) is 15.2 Å². The van der Waals surface area contributed by atoms with Gasteiger partial charge >= 0.3 is 0 Å². The largest absolute Gasteiger partial charge is 0.491 e. The number of nitrogens with one attached hydrogen (secondary N) is 1. The molecule has 0 fully saturated rings. The van der Waals surface area contributed by atoms with Crippen LogP contribution in [0.2, 0.25) is 5.02 Å². The number of nitrogens with zero attached hydrogens (tertiary/aromatic N) is 2. The number of benzene rings is 1. The minimum absolute atomic E-state index is 0.319. The SMILES string of the molecule is Nc1nc(SCCOc2ccccc2Cl)n[nH]1. The molecule has 0 atom stereocenters. The first-order valence-electron chi connectivity index (χ1n) is 4.94. The Hall–Kier alpha value is -1.40. The molecule has 0 unspecified atom stereocenters. The van der Waals surface area contributed by atoms with Crippen LogP contribution in [0, 0.1) is 0 Å². The van der Waals surface area contributed by atoms with Gasteiger partial charge in [0.05, 0.1) is 11.6 Å². The molecule has 90 valence electrons. The molecule has 3 N–H and O–H groups in total. The number of nitrogens with two attached hydrogens (primary N) is 1. The van der Waals surface area contributed by atoms with Gasteiger partial charge < -0.3 is 10.5 Å². The monoisotopic (exact) mass is 270 g/mol. The molecule has 7 heteroatoms. The Kier molecular flexibility index (Phi) is 4.11. The molecule has 1 aromatic carbocycles. The summed E-state index contributed by atoms with van der Waals surface area (Å²) in [7, 11) is 0. The van der Waals surface area contributed by atoms with Gasteiger partial charge in [-0.15, -0.1) is 5.10 Å². The van der Waals surface area contributed by atoms with Crippen LogP contribution < -0.4 is 10.5 Å². The van der Waals surface area contributed by atoms with E-state index in [-0.39, 0.29) is 0 Å². The van der Waals surface area contributed by atoms with Gasteiger partial charge in [-0.05, 0) is 12.1 Å². The van der Waals surface area contributed by atoms with Gasteiger partial charge in [-0.2, -0.15) is 4.98 Å². The van der Waals surface area contributed by atoms with Crippen molar-refractivity contribution in [2.75, 3.05) is 18.1 Å². The second-order valence-corrected chi connectivity index (χ2v) is 4.60. The first-order valence-corrected chi connectivity index (χ1v) is 6.30. The van der Waals surface area contributed by atoms with E-state index in [1.54, 1.807) is 6.07 Å². The molecule has 1 heterocycles. The summed E-state index contributed by atoms with van der Waals surface area (Å²) in [6.07, 6.45) is 0. The second kappa shape index (κ2) is 5.79. The van der Waals surface area contributed by atoms with E-state index >= 15 is 0 Å². The third kappa shape index (κ3) is 3.54. The number of ether oxygens (including phenoxy) is 1. The molecular formula is C10H11ClN4OS. The fourth-order valence-electron chi connectivity index (χ4n) is 1.17. The molecule has 17 heavy (non-hydrogen) atoms. The van der Waals surface area contributed by atoms with Crippen molar-refractivity contribution in [2.24, 2.45) is 0 Å². The number of H-pyrrole nitrogens is 1. The highest BCUT2D eigenvalue weighted by atomic mass is 35.5. The van der Waals surface area contributed by atoms with Crippen molar-refractivity contribution in [3.8, 4) is 5.75 Å². The van der Waals surface area contributed by atoms with Crippen LogP contribution in [0.4, 0.5) is 5.95 Å². The van der Waals surface area contributed by atoms with Crippen molar-refractivity contribution in [1.82, 2.24) is 15.2 Å². The van der Waals surface area contributed by atoms with Gasteiger partial charge in [-0.1, -0.05) is 35.5 Å². The predicted molar refractivity (Wildman–Crippen MR) is 68.5 cm³/mol. The van der Waals surface area contributed by atoms with Crippen LogP contribution in [0.25, 0.3) is 0 Å². The zero-order valence-electron chi connectivity index (χ0n) is 8.89. The number of thioether (sulfide) groups is 1. The molecule has 1 aromatic heterocycles. The van der Waals surface area contributed by atoms with Gasteiger partial charge in [0, 0.05) is 5.75 Å².